The van der Waals surface area contributed by atoms with E-state index in [0.717, 1.165) is 62.8 Å². The van der Waals surface area contributed by atoms with Crippen LogP contribution >= 0.6 is 0 Å². The van der Waals surface area contributed by atoms with E-state index in [-0.39, 0.29) is 16.8 Å². The lowest BCUT2D eigenvalue weighted by Gasteiger charge is -2.44. The van der Waals surface area contributed by atoms with E-state index in [4.69, 9.17) is 14.2 Å². The van der Waals surface area contributed by atoms with Crippen molar-refractivity contribution in [2.75, 3.05) is 58.5 Å². The fourth-order valence-electron chi connectivity index (χ4n) is 5.10. The van der Waals surface area contributed by atoms with Gasteiger partial charge in [0, 0.05) is 37.3 Å². The molecule has 2 heterocycles. The van der Waals surface area contributed by atoms with Crippen molar-refractivity contribution in [3.05, 3.63) is 53.3 Å². The minimum Gasteiger partial charge on any atom is -0.493 e. The number of halogens is 1. The van der Waals surface area contributed by atoms with E-state index < -0.39 is 0 Å². The molecule has 2 aliphatic rings. The summed E-state index contributed by atoms with van der Waals surface area (Å²) in [6.07, 6.45) is 2.00. The fourth-order valence-corrected chi connectivity index (χ4v) is 5.10. The molecular formula is C27H37FN2O3. The molecule has 0 amide bonds. The summed E-state index contributed by atoms with van der Waals surface area (Å²) in [5.41, 5.74) is 3.16. The number of benzene rings is 2. The first-order valence-electron chi connectivity index (χ1n) is 11.9. The third-order valence-corrected chi connectivity index (χ3v) is 7.27. The molecule has 1 fully saturated rings. The molecule has 0 N–H and O–H groups in total. The fraction of sp³-hybridized carbons (Fsp3) is 0.556. The minimum absolute atomic E-state index is 0.0783. The molecule has 1 saturated heterocycles. The van der Waals surface area contributed by atoms with Crippen LogP contribution in [0.2, 0.25) is 0 Å². The largest absolute Gasteiger partial charge is 0.493 e. The van der Waals surface area contributed by atoms with Crippen LogP contribution in [-0.2, 0) is 15.8 Å². The molecule has 1 unspecified atom stereocenters. The van der Waals surface area contributed by atoms with Gasteiger partial charge in [-0.1, -0.05) is 13.8 Å². The second-order valence-electron chi connectivity index (χ2n) is 10.1. The molecule has 33 heavy (non-hydrogen) atoms. The summed E-state index contributed by atoms with van der Waals surface area (Å²) in [7, 11) is 3.37. The zero-order valence-corrected chi connectivity index (χ0v) is 20.6. The van der Waals surface area contributed by atoms with Crippen LogP contribution in [0.25, 0.3) is 0 Å². The Morgan fingerprint density at radius 3 is 2.12 bits per heavy atom. The van der Waals surface area contributed by atoms with E-state index in [1.54, 1.807) is 14.2 Å². The Hall–Kier alpha value is -2.31. The zero-order valence-electron chi connectivity index (χ0n) is 20.6. The molecule has 6 heteroatoms. The molecule has 0 radical (unpaired) electrons. The minimum atomic E-state index is -0.347. The monoisotopic (exact) mass is 456 g/mol. The topological polar surface area (TPSA) is 34.2 Å². The number of anilines is 1. The number of ether oxygens (including phenoxy) is 3. The number of hydrogen-bond acceptors (Lipinski definition) is 5. The Labute approximate surface area is 197 Å². The smallest absolute Gasteiger partial charge is 0.161 e. The maximum absolute atomic E-state index is 13.2. The van der Waals surface area contributed by atoms with Crippen molar-refractivity contribution in [2.24, 2.45) is 0 Å². The lowest BCUT2D eigenvalue weighted by molar-refractivity contribution is -0.0790. The SMILES string of the molecule is COc1cc2c(cc1OC)C(C)(CCCN1CCN(c3ccc(F)cc3)CC1)OCC2(C)C. The van der Waals surface area contributed by atoms with Gasteiger partial charge < -0.3 is 19.1 Å². The number of hydrogen-bond donors (Lipinski definition) is 0. The van der Waals surface area contributed by atoms with Gasteiger partial charge in [0.2, 0.25) is 0 Å². The molecule has 5 nitrogen and oxygen atoms in total. The first-order chi connectivity index (χ1) is 15.8. The van der Waals surface area contributed by atoms with E-state index in [1.807, 2.05) is 12.1 Å². The number of fused-ring (bicyclic) bond motifs is 1. The maximum Gasteiger partial charge on any atom is 0.161 e. The van der Waals surface area contributed by atoms with Crippen LogP contribution in [0, 0.1) is 5.82 Å². The predicted molar refractivity (Wildman–Crippen MR) is 130 cm³/mol. The average molecular weight is 457 g/mol. The summed E-state index contributed by atoms with van der Waals surface area (Å²) < 4.78 is 30.9. The lowest BCUT2D eigenvalue weighted by atomic mass is 9.73. The van der Waals surface area contributed by atoms with Gasteiger partial charge in [-0.3, -0.25) is 4.90 Å². The molecule has 180 valence electrons. The van der Waals surface area contributed by atoms with E-state index >= 15 is 0 Å². The van der Waals surface area contributed by atoms with Gasteiger partial charge in [-0.25, -0.2) is 4.39 Å². The molecule has 2 aromatic carbocycles. The second-order valence-corrected chi connectivity index (χ2v) is 10.1. The first kappa shape index (κ1) is 23.8. The molecule has 0 aromatic heterocycles. The van der Waals surface area contributed by atoms with Crippen molar-refractivity contribution in [3.63, 3.8) is 0 Å². The summed E-state index contributed by atoms with van der Waals surface area (Å²) in [6, 6.07) is 11.1. The molecule has 2 aliphatic heterocycles. The Bertz CT molecular complexity index is 955. The van der Waals surface area contributed by atoms with Crippen LogP contribution in [-0.4, -0.2) is 58.5 Å². The first-order valence-corrected chi connectivity index (χ1v) is 11.9. The van der Waals surface area contributed by atoms with Crippen LogP contribution < -0.4 is 14.4 Å². The number of rotatable bonds is 7. The molecule has 1 atom stereocenters. The third kappa shape index (κ3) is 4.97. The highest BCUT2D eigenvalue weighted by molar-refractivity contribution is 5.52. The third-order valence-electron chi connectivity index (χ3n) is 7.27. The van der Waals surface area contributed by atoms with Crippen molar-refractivity contribution in [3.8, 4) is 11.5 Å². The summed E-state index contributed by atoms with van der Waals surface area (Å²) in [5, 5.41) is 0. The van der Waals surface area contributed by atoms with Crippen LogP contribution in [0.4, 0.5) is 10.1 Å². The summed E-state index contributed by atoms with van der Waals surface area (Å²) in [5.74, 6) is 1.34. The standard InChI is InChI=1S/C27H37FN2O3/c1-26(2)19-33-27(3,23-18-25(32-5)24(31-4)17-22(23)26)11-6-12-29-13-15-30(16-14-29)21-9-7-20(28)8-10-21/h7-10,17-18H,6,11-16,19H2,1-5H3. The maximum atomic E-state index is 13.2. The summed E-state index contributed by atoms with van der Waals surface area (Å²) in [4.78, 5) is 4.85. The second kappa shape index (κ2) is 9.51. The van der Waals surface area contributed by atoms with Crippen molar-refractivity contribution in [1.29, 1.82) is 0 Å². The summed E-state index contributed by atoms with van der Waals surface area (Å²) >= 11 is 0. The zero-order chi connectivity index (χ0) is 23.6. The highest BCUT2D eigenvalue weighted by atomic mass is 19.1. The molecule has 2 aromatic rings. The quantitative estimate of drug-likeness (QED) is 0.588. The molecular weight excluding hydrogens is 419 g/mol. The van der Waals surface area contributed by atoms with E-state index in [2.05, 4.69) is 42.7 Å². The average Bonchev–Trinajstić information content (AvgIpc) is 2.82. The van der Waals surface area contributed by atoms with Gasteiger partial charge in [-0.2, -0.15) is 0 Å². The van der Waals surface area contributed by atoms with Crippen molar-refractivity contribution in [2.45, 2.75) is 44.6 Å². The van der Waals surface area contributed by atoms with Gasteiger partial charge in [0.25, 0.3) is 0 Å². The van der Waals surface area contributed by atoms with E-state index in [0.29, 0.717) is 6.61 Å². The lowest BCUT2D eigenvalue weighted by Crippen LogP contribution is -2.47. The molecule has 0 spiro atoms. The van der Waals surface area contributed by atoms with Crippen LogP contribution in [0.1, 0.15) is 44.7 Å². The normalized spacial score (nSPS) is 22.7. The molecule has 4 rings (SSSR count). The highest BCUT2D eigenvalue weighted by Gasteiger charge is 2.41. The van der Waals surface area contributed by atoms with Crippen LogP contribution in [0.3, 0.4) is 0 Å². The van der Waals surface area contributed by atoms with Crippen LogP contribution in [0.15, 0.2) is 36.4 Å². The molecule has 0 saturated carbocycles. The van der Waals surface area contributed by atoms with Crippen molar-refractivity contribution >= 4 is 5.69 Å². The van der Waals surface area contributed by atoms with Gasteiger partial charge >= 0.3 is 0 Å². The van der Waals surface area contributed by atoms with Crippen molar-refractivity contribution in [1.82, 2.24) is 4.90 Å². The highest BCUT2D eigenvalue weighted by Crippen LogP contribution is 2.47. The number of methoxy groups -OCH3 is 2. The Kier molecular flexibility index (Phi) is 6.87. The summed E-state index contributed by atoms with van der Waals surface area (Å²) in [6.45, 7) is 12.3. The molecule has 0 aliphatic carbocycles. The van der Waals surface area contributed by atoms with E-state index in [9.17, 15) is 4.39 Å². The van der Waals surface area contributed by atoms with Crippen LogP contribution in [0.5, 0.6) is 11.5 Å². The van der Waals surface area contributed by atoms with Gasteiger partial charge in [-0.15, -0.1) is 0 Å². The Morgan fingerprint density at radius 2 is 1.52 bits per heavy atom. The van der Waals surface area contributed by atoms with Gasteiger partial charge in [-0.05, 0) is 73.8 Å². The Balaban J connectivity index is 1.38. The van der Waals surface area contributed by atoms with Gasteiger partial charge in [0.05, 0.1) is 26.4 Å². The van der Waals surface area contributed by atoms with Crippen molar-refractivity contribution < 1.29 is 18.6 Å². The molecule has 0 bridgehead atoms. The predicted octanol–water partition coefficient (Wildman–Crippen LogP) is 4.97. The van der Waals surface area contributed by atoms with E-state index in [1.165, 1.54) is 23.3 Å². The number of nitrogens with zero attached hydrogens (tertiary/aromatic N) is 2. The Morgan fingerprint density at radius 1 is 0.909 bits per heavy atom. The number of piperazine rings is 1. The van der Waals surface area contributed by atoms with Gasteiger partial charge in [0.1, 0.15) is 5.82 Å². The van der Waals surface area contributed by atoms with Gasteiger partial charge in [0.15, 0.2) is 11.5 Å².